The van der Waals surface area contributed by atoms with Gasteiger partial charge in [-0.25, -0.2) is 4.79 Å². The Hall–Kier alpha value is -1.63. The summed E-state index contributed by atoms with van der Waals surface area (Å²) in [6, 6.07) is 10.3. The first-order valence-corrected chi connectivity index (χ1v) is 9.74. The number of hydrogen-bond acceptors (Lipinski definition) is 4. The van der Waals surface area contributed by atoms with Crippen LogP contribution in [0.3, 0.4) is 0 Å². The Morgan fingerprint density at radius 3 is 2.44 bits per heavy atom. The third kappa shape index (κ3) is 3.71. The average molecular weight is 393 g/mol. The summed E-state index contributed by atoms with van der Waals surface area (Å²) >= 11 is 0. The Balaban J connectivity index is 0.00000210. The van der Waals surface area contributed by atoms with Crippen molar-refractivity contribution in [3.8, 4) is 0 Å². The molecular weight excluding hydrogens is 364 g/mol. The van der Waals surface area contributed by atoms with Crippen molar-refractivity contribution in [2.24, 2.45) is 11.7 Å². The number of imide groups is 1. The molecule has 0 radical (unpaired) electrons. The fraction of sp³-hybridized carbons (Fsp3) is 0.600. The molecule has 1 aromatic carbocycles. The lowest BCUT2D eigenvalue weighted by Crippen LogP contribution is -2.44. The molecule has 2 heterocycles. The van der Waals surface area contributed by atoms with Crippen LogP contribution in [0.5, 0.6) is 0 Å². The van der Waals surface area contributed by atoms with Gasteiger partial charge in [0.2, 0.25) is 0 Å². The topological polar surface area (TPSA) is 78.7 Å². The second-order valence-electron chi connectivity index (χ2n) is 7.95. The summed E-state index contributed by atoms with van der Waals surface area (Å²) in [5.74, 6) is 0.821. The molecule has 1 spiro atoms. The van der Waals surface area contributed by atoms with Crippen molar-refractivity contribution in [2.75, 3.05) is 32.7 Å². The Kier molecular flexibility index (Phi) is 6.08. The normalized spacial score (nSPS) is 27.2. The molecule has 3 fully saturated rings. The molecule has 148 valence electrons. The first-order chi connectivity index (χ1) is 12.6. The highest BCUT2D eigenvalue weighted by Gasteiger charge is 2.52. The molecule has 2 atom stereocenters. The lowest BCUT2D eigenvalue weighted by molar-refractivity contribution is -0.131. The van der Waals surface area contributed by atoms with Crippen molar-refractivity contribution < 1.29 is 9.59 Å². The molecule has 2 saturated heterocycles. The van der Waals surface area contributed by atoms with Crippen molar-refractivity contribution in [3.05, 3.63) is 35.9 Å². The van der Waals surface area contributed by atoms with E-state index >= 15 is 0 Å². The van der Waals surface area contributed by atoms with Crippen LogP contribution in [0, 0.1) is 5.92 Å². The summed E-state index contributed by atoms with van der Waals surface area (Å²) in [5.41, 5.74) is 6.73. The van der Waals surface area contributed by atoms with Crippen molar-refractivity contribution >= 4 is 24.3 Å². The minimum Gasteiger partial charge on any atom is -0.330 e. The number of rotatable bonds is 5. The third-order valence-corrected chi connectivity index (χ3v) is 6.39. The predicted octanol–water partition coefficient (Wildman–Crippen LogP) is 1.95. The quantitative estimate of drug-likeness (QED) is 0.750. The van der Waals surface area contributed by atoms with Crippen molar-refractivity contribution in [3.63, 3.8) is 0 Å². The first-order valence-electron chi connectivity index (χ1n) is 9.74. The SMILES string of the molecule is Cl.NC[C@@H]1CN(CCN2C(=O)NC3(CCCC3)C2=O)C[C@H]1c1ccccc1. The molecule has 4 rings (SSSR count). The molecule has 6 nitrogen and oxygen atoms in total. The van der Waals surface area contributed by atoms with Gasteiger partial charge in [0.25, 0.3) is 5.91 Å². The number of hydrogen-bond donors (Lipinski definition) is 2. The van der Waals surface area contributed by atoms with Crippen LogP contribution in [0.4, 0.5) is 4.79 Å². The van der Waals surface area contributed by atoms with Gasteiger partial charge < -0.3 is 16.0 Å². The molecule has 3 aliphatic rings. The lowest BCUT2D eigenvalue weighted by Gasteiger charge is -2.22. The van der Waals surface area contributed by atoms with E-state index in [0.29, 0.717) is 24.9 Å². The summed E-state index contributed by atoms with van der Waals surface area (Å²) in [4.78, 5) is 28.8. The van der Waals surface area contributed by atoms with Crippen LogP contribution in [-0.2, 0) is 4.79 Å². The highest BCUT2D eigenvalue weighted by atomic mass is 35.5. The summed E-state index contributed by atoms with van der Waals surface area (Å²) in [7, 11) is 0. The number of nitrogens with zero attached hydrogens (tertiary/aromatic N) is 2. The minimum absolute atomic E-state index is 0. The van der Waals surface area contributed by atoms with Crippen LogP contribution in [-0.4, -0.2) is 60.0 Å². The van der Waals surface area contributed by atoms with E-state index in [1.165, 1.54) is 10.5 Å². The Morgan fingerprint density at radius 1 is 1.07 bits per heavy atom. The predicted molar refractivity (Wildman–Crippen MR) is 107 cm³/mol. The van der Waals surface area contributed by atoms with E-state index in [0.717, 1.165) is 45.3 Å². The number of carbonyl (C=O) groups is 2. The maximum Gasteiger partial charge on any atom is 0.325 e. The number of amides is 3. The van der Waals surface area contributed by atoms with E-state index < -0.39 is 5.54 Å². The van der Waals surface area contributed by atoms with Crippen molar-refractivity contribution in [1.82, 2.24) is 15.1 Å². The summed E-state index contributed by atoms with van der Waals surface area (Å²) in [6.45, 7) is 3.69. The molecular formula is C20H29ClN4O2. The highest BCUT2D eigenvalue weighted by molar-refractivity contribution is 6.07. The molecule has 0 aromatic heterocycles. The summed E-state index contributed by atoms with van der Waals surface area (Å²) < 4.78 is 0. The summed E-state index contributed by atoms with van der Waals surface area (Å²) in [6.07, 6.45) is 3.60. The van der Waals surface area contributed by atoms with Gasteiger partial charge in [0.05, 0.1) is 0 Å². The Bertz CT molecular complexity index is 678. The summed E-state index contributed by atoms with van der Waals surface area (Å²) in [5, 5.41) is 2.96. The number of halogens is 1. The van der Waals surface area contributed by atoms with Crippen molar-refractivity contribution in [2.45, 2.75) is 37.1 Å². The van der Waals surface area contributed by atoms with Gasteiger partial charge in [-0.15, -0.1) is 12.4 Å². The maximum atomic E-state index is 12.8. The van der Waals surface area contributed by atoms with Crippen molar-refractivity contribution in [1.29, 1.82) is 0 Å². The number of urea groups is 1. The molecule has 1 aliphatic carbocycles. The van der Waals surface area contributed by atoms with E-state index in [9.17, 15) is 9.59 Å². The van der Waals surface area contributed by atoms with Crippen LogP contribution in [0.2, 0.25) is 0 Å². The van der Waals surface area contributed by atoms with Crippen LogP contribution in [0.15, 0.2) is 30.3 Å². The maximum absolute atomic E-state index is 12.8. The Labute approximate surface area is 166 Å². The number of nitrogens with two attached hydrogens (primary N) is 1. The second kappa shape index (κ2) is 8.17. The molecule has 3 N–H and O–H groups in total. The highest BCUT2D eigenvalue weighted by Crippen LogP contribution is 2.35. The number of nitrogens with one attached hydrogen (secondary N) is 1. The number of likely N-dealkylation sites (tertiary alicyclic amines) is 1. The number of carbonyl (C=O) groups excluding carboxylic acids is 2. The fourth-order valence-electron chi connectivity index (χ4n) is 4.90. The van der Waals surface area contributed by atoms with Gasteiger partial charge >= 0.3 is 6.03 Å². The van der Waals surface area contributed by atoms with E-state index in [-0.39, 0.29) is 24.3 Å². The van der Waals surface area contributed by atoms with Gasteiger partial charge in [0.15, 0.2) is 0 Å². The minimum atomic E-state index is -0.603. The van der Waals surface area contributed by atoms with Gasteiger partial charge in [0.1, 0.15) is 5.54 Å². The lowest BCUT2D eigenvalue weighted by atomic mass is 9.89. The molecule has 0 bridgehead atoms. The Morgan fingerprint density at radius 2 is 1.78 bits per heavy atom. The van der Waals surface area contributed by atoms with E-state index in [1.807, 2.05) is 6.07 Å². The largest absolute Gasteiger partial charge is 0.330 e. The molecule has 27 heavy (non-hydrogen) atoms. The molecule has 2 aliphatic heterocycles. The van der Waals surface area contributed by atoms with Crippen LogP contribution >= 0.6 is 12.4 Å². The average Bonchev–Trinajstić information content (AvgIpc) is 3.34. The number of benzene rings is 1. The zero-order chi connectivity index (χ0) is 18.1. The third-order valence-electron chi connectivity index (χ3n) is 6.39. The first kappa shape index (κ1) is 20.1. The van der Waals surface area contributed by atoms with Crippen LogP contribution in [0.25, 0.3) is 0 Å². The van der Waals surface area contributed by atoms with Gasteiger partial charge in [-0.1, -0.05) is 43.2 Å². The molecule has 3 amide bonds. The molecule has 1 saturated carbocycles. The monoisotopic (exact) mass is 392 g/mol. The fourth-order valence-corrected chi connectivity index (χ4v) is 4.90. The van der Waals surface area contributed by atoms with E-state index in [1.54, 1.807) is 0 Å². The smallest absolute Gasteiger partial charge is 0.325 e. The van der Waals surface area contributed by atoms with Crippen LogP contribution < -0.4 is 11.1 Å². The molecule has 7 heteroatoms. The van der Waals surface area contributed by atoms with Gasteiger partial charge in [-0.3, -0.25) is 9.69 Å². The van der Waals surface area contributed by atoms with Crippen LogP contribution in [0.1, 0.15) is 37.2 Å². The van der Waals surface area contributed by atoms with E-state index in [2.05, 4.69) is 34.5 Å². The van der Waals surface area contributed by atoms with E-state index in [4.69, 9.17) is 5.73 Å². The zero-order valence-electron chi connectivity index (χ0n) is 15.6. The van der Waals surface area contributed by atoms with Gasteiger partial charge in [-0.2, -0.15) is 0 Å². The standard InChI is InChI=1S/C20H28N4O2.ClH/c21-12-16-13-23(14-17(16)15-6-2-1-3-7-15)10-11-24-18(25)20(22-19(24)26)8-4-5-9-20;/h1-3,6-7,16-17H,4-5,8-14,21H2,(H,22,26);1H/t16-,17+;/m1./s1. The molecule has 1 aromatic rings. The second-order valence-corrected chi connectivity index (χ2v) is 7.95. The van der Waals surface area contributed by atoms with Gasteiger partial charge in [0, 0.05) is 32.1 Å². The molecule has 0 unspecified atom stereocenters. The van der Waals surface area contributed by atoms with Gasteiger partial charge in [-0.05, 0) is 30.9 Å². The zero-order valence-corrected chi connectivity index (χ0v) is 16.4.